The number of rotatable bonds is 3. The zero-order chi connectivity index (χ0) is 12.3. The number of likely N-dealkylation sites (N-methyl/N-ethyl adjacent to an activating group) is 1. The molecule has 0 saturated carbocycles. The summed E-state index contributed by atoms with van der Waals surface area (Å²) >= 11 is 4.70. The van der Waals surface area contributed by atoms with Gasteiger partial charge in [-0.05, 0) is 32.1 Å². The summed E-state index contributed by atoms with van der Waals surface area (Å²) in [7, 11) is 3.64. The van der Waals surface area contributed by atoms with Gasteiger partial charge in [0.1, 0.15) is 4.64 Å². The number of hydrogen-bond donors (Lipinski definition) is 1. The van der Waals surface area contributed by atoms with Crippen molar-refractivity contribution in [1.29, 1.82) is 0 Å². The molecule has 0 amide bonds. The number of aromatic amines is 1. The zero-order valence-corrected chi connectivity index (χ0v) is 9.87. The van der Waals surface area contributed by atoms with Gasteiger partial charge in [-0.3, -0.25) is 0 Å². The molecule has 0 atom stereocenters. The van der Waals surface area contributed by atoms with E-state index in [-0.39, 0.29) is 10.2 Å². The SMILES string of the molecule is CN(C)CCc1c[nH]c(=S)cc1C(F)(F)F. The molecule has 2 nitrogen and oxygen atoms in total. The fourth-order valence-corrected chi connectivity index (χ4v) is 1.49. The maximum atomic E-state index is 12.7. The molecule has 1 rings (SSSR count). The fraction of sp³-hybridized carbons (Fsp3) is 0.500. The van der Waals surface area contributed by atoms with Crippen molar-refractivity contribution < 1.29 is 13.2 Å². The third-order valence-corrected chi connectivity index (χ3v) is 2.38. The van der Waals surface area contributed by atoms with Gasteiger partial charge in [-0.2, -0.15) is 13.2 Å². The van der Waals surface area contributed by atoms with Crippen molar-refractivity contribution in [2.24, 2.45) is 0 Å². The second-order valence-corrected chi connectivity index (χ2v) is 4.23. The highest BCUT2D eigenvalue weighted by Crippen LogP contribution is 2.31. The van der Waals surface area contributed by atoms with E-state index in [1.54, 1.807) is 0 Å². The van der Waals surface area contributed by atoms with Gasteiger partial charge in [0.15, 0.2) is 0 Å². The molecule has 1 aromatic rings. The van der Waals surface area contributed by atoms with Crippen LogP contribution in [0, 0.1) is 4.64 Å². The molecule has 0 aromatic carbocycles. The molecule has 6 heteroatoms. The van der Waals surface area contributed by atoms with Crippen LogP contribution >= 0.6 is 12.2 Å². The van der Waals surface area contributed by atoms with Crippen LogP contribution in [0.3, 0.4) is 0 Å². The van der Waals surface area contributed by atoms with Crippen molar-refractivity contribution in [3.63, 3.8) is 0 Å². The van der Waals surface area contributed by atoms with Gasteiger partial charge in [-0.15, -0.1) is 0 Å². The summed E-state index contributed by atoms with van der Waals surface area (Å²) in [6, 6.07) is 0.973. The molecule has 0 fully saturated rings. The molecule has 0 unspecified atom stereocenters. The summed E-state index contributed by atoms with van der Waals surface area (Å²) < 4.78 is 38.1. The molecule has 0 radical (unpaired) electrons. The van der Waals surface area contributed by atoms with Gasteiger partial charge in [0.05, 0.1) is 5.56 Å². The molecule has 16 heavy (non-hydrogen) atoms. The van der Waals surface area contributed by atoms with Crippen molar-refractivity contribution in [3.8, 4) is 0 Å². The topological polar surface area (TPSA) is 19.0 Å². The predicted octanol–water partition coefficient (Wildman–Crippen LogP) is 2.87. The second-order valence-electron chi connectivity index (χ2n) is 3.79. The largest absolute Gasteiger partial charge is 0.416 e. The molecular weight excluding hydrogens is 237 g/mol. The van der Waals surface area contributed by atoms with Gasteiger partial charge >= 0.3 is 6.18 Å². The lowest BCUT2D eigenvalue weighted by atomic mass is 10.1. The monoisotopic (exact) mass is 250 g/mol. The highest BCUT2D eigenvalue weighted by molar-refractivity contribution is 7.71. The molecule has 90 valence electrons. The van der Waals surface area contributed by atoms with E-state index in [9.17, 15) is 13.2 Å². The van der Waals surface area contributed by atoms with E-state index in [1.807, 2.05) is 19.0 Å². The minimum Gasteiger partial charge on any atom is -0.353 e. The maximum absolute atomic E-state index is 12.7. The first-order chi connectivity index (χ1) is 7.30. The first-order valence-electron chi connectivity index (χ1n) is 4.74. The number of alkyl halides is 3. The van der Waals surface area contributed by atoms with Crippen LogP contribution < -0.4 is 0 Å². The Labute approximate surface area is 97.1 Å². The summed E-state index contributed by atoms with van der Waals surface area (Å²) in [5, 5.41) is 0. The number of nitrogens with zero attached hydrogens (tertiary/aromatic N) is 1. The van der Waals surface area contributed by atoms with E-state index in [0.717, 1.165) is 6.07 Å². The van der Waals surface area contributed by atoms with Gasteiger partial charge in [0, 0.05) is 12.7 Å². The predicted molar refractivity (Wildman–Crippen MR) is 58.9 cm³/mol. The van der Waals surface area contributed by atoms with Crippen molar-refractivity contribution in [2.75, 3.05) is 20.6 Å². The van der Waals surface area contributed by atoms with Crippen molar-refractivity contribution >= 4 is 12.2 Å². The summed E-state index contributed by atoms with van der Waals surface area (Å²) in [4.78, 5) is 4.47. The number of nitrogens with one attached hydrogen (secondary N) is 1. The Bertz CT molecular complexity index is 409. The van der Waals surface area contributed by atoms with Crippen molar-refractivity contribution in [2.45, 2.75) is 12.6 Å². The Balaban J connectivity index is 3.04. The lowest BCUT2D eigenvalue weighted by Crippen LogP contribution is -2.18. The number of pyridine rings is 1. The van der Waals surface area contributed by atoms with Crippen molar-refractivity contribution in [1.82, 2.24) is 9.88 Å². The molecule has 1 heterocycles. The summed E-state index contributed by atoms with van der Waals surface area (Å²) in [6.45, 7) is 0.563. The standard InChI is InChI=1S/C10H13F3N2S/c1-15(2)4-3-7-6-14-9(16)5-8(7)10(11,12)13/h5-6H,3-4H2,1-2H3,(H,14,16). The minimum absolute atomic E-state index is 0.0981. The van der Waals surface area contributed by atoms with Crippen molar-refractivity contribution in [3.05, 3.63) is 28.0 Å². The van der Waals surface area contributed by atoms with Crippen LogP contribution in [0.1, 0.15) is 11.1 Å². The Morgan fingerprint density at radius 3 is 2.50 bits per heavy atom. The van der Waals surface area contributed by atoms with Gasteiger partial charge in [-0.25, -0.2) is 0 Å². The van der Waals surface area contributed by atoms with E-state index in [2.05, 4.69) is 4.98 Å². The van der Waals surface area contributed by atoms with Crippen LogP contribution in [0.4, 0.5) is 13.2 Å². The Hall–Kier alpha value is -0.880. The van der Waals surface area contributed by atoms with E-state index >= 15 is 0 Å². The summed E-state index contributed by atoms with van der Waals surface area (Å²) in [6.07, 6.45) is -2.66. The lowest BCUT2D eigenvalue weighted by molar-refractivity contribution is -0.138. The molecule has 0 aliphatic rings. The third kappa shape index (κ3) is 3.61. The summed E-state index contributed by atoms with van der Waals surface area (Å²) in [5.41, 5.74) is -0.395. The number of halogens is 3. The quantitative estimate of drug-likeness (QED) is 0.832. The maximum Gasteiger partial charge on any atom is 0.416 e. The molecule has 0 spiro atoms. The van der Waals surface area contributed by atoms with Crippen LogP contribution in [0.15, 0.2) is 12.3 Å². The first kappa shape index (κ1) is 13.2. The third-order valence-electron chi connectivity index (χ3n) is 2.14. The molecule has 1 N–H and O–H groups in total. The highest BCUT2D eigenvalue weighted by atomic mass is 32.1. The molecule has 0 saturated heterocycles. The summed E-state index contributed by atoms with van der Waals surface area (Å²) in [5.74, 6) is 0. The molecule has 1 aromatic heterocycles. The molecule has 0 aliphatic heterocycles. The molecule has 0 bridgehead atoms. The number of hydrogen-bond acceptors (Lipinski definition) is 2. The average Bonchev–Trinajstić information content (AvgIpc) is 2.14. The van der Waals surface area contributed by atoms with Crippen LogP contribution in [0.2, 0.25) is 0 Å². The Morgan fingerprint density at radius 2 is 2.00 bits per heavy atom. The van der Waals surface area contributed by atoms with E-state index in [1.165, 1.54) is 6.20 Å². The Morgan fingerprint density at radius 1 is 1.38 bits per heavy atom. The van der Waals surface area contributed by atoms with Crippen LogP contribution in [0.5, 0.6) is 0 Å². The van der Waals surface area contributed by atoms with E-state index in [4.69, 9.17) is 12.2 Å². The van der Waals surface area contributed by atoms with E-state index < -0.39 is 11.7 Å². The Kier molecular flexibility index (Phi) is 4.09. The first-order valence-corrected chi connectivity index (χ1v) is 5.15. The van der Waals surface area contributed by atoms with E-state index in [0.29, 0.717) is 13.0 Å². The van der Waals surface area contributed by atoms with Gasteiger partial charge in [0.2, 0.25) is 0 Å². The fourth-order valence-electron chi connectivity index (χ4n) is 1.32. The van der Waals surface area contributed by atoms with Gasteiger partial charge in [-0.1, -0.05) is 12.2 Å². The van der Waals surface area contributed by atoms with Crippen LogP contribution in [0.25, 0.3) is 0 Å². The number of aromatic nitrogens is 1. The van der Waals surface area contributed by atoms with Crippen LogP contribution in [-0.2, 0) is 12.6 Å². The second kappa shape index (κ2) is 4.97. The van der Waals surface area contributed by atoms with Crippen LogP contribution in [-0.4, -0.2) is 30.5 Å². The minimum atomic E-state index is -4.34. The highest BCUT2D eigenvalue weighted by Gasteiger charge is 2.33. The van der Waals surface area contributed by atoms with Gasteiger partial charge < -0.3 is 9.88 Å². The smallest absolute Gasteiger partial charge is 0.353 e. The van der Waals surface area contributed by atoms with Gasteiger partial charge in [0.25, 0.3) is 0 Å². The lowest BCUT2D eigenvalue weighted by Gasteiger charge is -2.14. The normalized spacial score (nSPS) is 12.1. The number of H-pyrrole nitrogens is 1. The zero-order valence-electron chi connectivity index (χ0n) is 9.06. The average molecular weight is 250 g/mol. The molecular formula is C10H13F3N2S. The molecule has 0 aliphatic carbocycles.